The molecule has 1 aliphatic carbocycles. The van der Waals surface area contributed by atoms with Crippen LogP contribution < -0.4 is 0 Å². The van der Waals surface area contributed by atoms with Crippen molar-refractivity contribution in [2.75, 3.05) is 6.54 Å². The second kappa shape index (κ2) is 7.10. The van der Waals surface area contributed by atoms with E-state index in [1.807, 2.05) is 17.9 Å². The summed E-state index contributed by atoms with van der Waals surface area (Å²) in [6, 6.07) is 0.279. The van der Waals surface area contributed by atoms with Gasteiger partial charge in [-0.25, -0.2) is 0 Å². The fourth-order valence-electron chi connectivity index (χ4n) is 2.82. The van der Waals surface area contributed by atoms with Crippen molar-refractivity contribution < 1.29 is 4.79 Å². The fourth-order valence-corrected chi connectivity index (χ4v) is 2.82. The lowest BCUT2D eigenvalue weighted by atomic mass is 9.98. The number of hydrogen-bond donors (Lipinski definition) is 0. The zero-order valence-electron chi connectivity index (χ0n) is 14.1. The number of amides is 1. The minimum absolute atomic E-state index is 0.154. The molecule has 0 aromatic heterocycles. The van der Waals surface area contributed by atoms with Crippen molar-refractivity contribution in [3.05, 3.63) is 23.8 Å². The average Bonchev–Trinajstić information content (AvgIpc) is 2.96. The molecule has 0 radical (unpaired) electrons. The Labute approximate surface area is 124 Å². The first-order valence-electron chi connectivity index (χ1n) is 7.87. The lowest BCUT2D eigenvalue weighted by molar-refractivity contribution is -0.128. The van der Waals surface area contributed by atoms with Crippen LogP contribution in [0.3, 0.4) is 0 Å². The topological polar surface area (TPSA) is 20.3 Å². The quantitative estimate of drug-likeness (QED) is 0.493. The summed E-state index contributed by atoms with van der Waals surface area (Å²) < 4.78 is 0. The smallest absolute Gasteiger partial charge is 0.246 e. The SMILES string of the molecule is CC=CC(=O)N(CC1CC1(C)CCC=C(C)C)C(C)C. The molecule has 1 saturated carbocycles. The van der Waals surface area contributed by atoms with Gasteiger partial charge in [0, 0.05) is 12.6 Å². The van der Waals surface area contributed by atoms with E-state index in [2.05, 4.69) is 40.7 Å². The summed E-state index contributed by atoms with van der Waals surface area (Å²) in [5.41, 5.74) is 1.84. The van der Waals surface area contributed by atoms with E-state index in [1.54, 1.807) is 6.08 Å². The highest BCUT2D eigenvalue weighted by atomic mass is 16.2. The average molecular weight is 277 g/mol. The lowest BCUT2D eigenvalue weighted by Crippen LogP contribution is -2.38. The molecule has 114 valence electrons. The summed E-state index contributed by atoms with van der Waals surface area (Å²) in [6.45, 7) is 13.7. The van der Waals surface area contributed by atoms with Crippen LogP contribution in [-0.4, -0.2) is 23.4 Å². The number of rotatable bonds is 7. The van der Waals surface area contributed by atoms with E-state index < -0.39 is 0 Å². The molecule has 1 rings (SSSR count). The first-order chi connectivity index (χ1) is 9.30. The monoisotopic (exact) mass is 277 g/mol. The molecule has 2 unspecified atom stereocenters. The van der Waals surface area contributed by atoms with Gasteiger partial charge in [-0.05, 0) is 71.3 Å². The van der Waals surface area contributed by atoms with Crippen LogP contribution in [0.15, 0.2) is 23.8 Å². The second-order valence-electron chi connectivity index (χ2n) is 6.96. The number of carbonyl (C=O) groups excluding carboxylic acids is 1. The van der Waals surface area contributed by atoms with E-state index in [1.165, 1.54) is 24.8 Å². The van der Waals surface area contributed by atoms with Gasteiger partial charge in [-0.2, -0.15) is 0 Å². The van der Waals surface area contributed by atoms with Crippen LogP contribution in [0.5, 0.6) is 0 Å². The van der Waals surface area contributed by atoms with E-state index in [4.69, 9.17) is 0 Å². The van der Waals surface area contributed by atoms with Crippen LogP contribution in [0.2, 0.25) is 0 Å². The van der Waals surface area contributed by atoms with E-state index in [9.17, 15) is 4.79 Å². The first kappa shape index (κ1) is 17.0. The van der Waals surface area contributed by atoms with Gasteiger partial charge in [-0.1, -0.05) is 24.6 Å². The van der Waals surface area contributed by atoms with E-state index in [0.29, 0.717) is 11.3 Å². The highest BCUT2D eigenvalue weighted by Crippen LogP contribution is 2.56. The minimum Gasteiger partial charge on any atom is -0.336 e. The van der Waals surface area contributed by atoms with Crippen LogP contribution in [0.4, 0.5) is 0 Å². The first-order valence-corrected chi connectivity index (χ1v) is 7.87. The van der Waals surface area contributed by atoms with Gasteiger partial charge in [-0.15, -0.1) is 0 Å². The highest BCUT2D eigenvalue weighted by Gasteiger charge is 2.49. The van der Waals surface area contributed by atoms with Crippen molar-refractivity contribution in [2.24, 2.45) is 11.3 Å². The van der Waals surface area contributed by atoms with Gasteiger partial charge < -0.3 is 4.90 Å². The molecule has 2 atom stereocenters. The van der Waals surface area contributed by atoms with Crippen LogP contribution >= 0.6 is 0 Å². The predicted octanol–water partition coefficient (Wildman–Crippen LogP) is 4.57. The Morgan fingerprint density at radius 2 is 2.05 bits per heavy atom. The molecule has 0 aromatic carbocycles. The number of allylic oxidation sites excluding steroid dienone is 3. The summed E-state index contributed by atoms with van der Waals surface area (Å²) in [7, 11) is 0. The summed E-state index contributed by atoms with van der Waals surface area (Å²) >= 11 is 0. The van der Waals surface area contributed by atoms with Crippen LogP contribution in [-0.2, 0) is 4.79 Å². The summed E-state index contributed by atoms with van der Waals surface area (Å²) in [4.78, 5) is 14.1. The zero-order valence-corrected chi connectivity index (χ0v) is 14.1. The zero-order chi connectivity index (χ0) is 15.3. The molecule has 0 aliphatic heterocycles. The van der Waals surface area contributed by atoms with E-state index in [-0.39, 0.29) is 11.9 Å². The van der Waals surface area contributed by atoms with Gasteiger partial charge in [0.25, 0.3) is 0 Å². The molecule has 0 aromatic rings. The molecule has 20 heavy (non-hydrogen) atoms. The molecule has 2 nitrogen and oxygen atoms in total. The van der Waals surface area contributed by atoms with Crippen LogP contribution in [0.25, 0.3) is 0 Å². The van der Waals surface area contributed by atoms with Gasteiger partial charge >= 0.3 is 0 Å². The standard InChI is InChI=1S/C18H31NO/c1-7-9-17(20)19(15(4)5)13-16-12-18(16,6)11-8-10-14(2)3/h7,9-10,15-16H,8,11-13H2,1-6H3. The van der Waals surface area contributed by atoms with Gasteiger partial charge in [0.1, 0.15) is 0 Å². The molecule has 1 aliphatic rings. The normalized spacial score (nSPS) is 25.1. The Morgan fingerprint density at radius 3 is 2.55 bits per heavy atom. The maximum absolute atomic E-state index is 12.1. The summed E-state index contributed by atoms with van der Waals surface area (Å²) in [5, 5.41) is 0. The Morgan fingerprint density at radius 1 is 1.40 bits per heavy atom. The van der Waals surface area contributed by atoms with Gasteiger partial charge in [0.05, 0.1) is 0 Å². The van der Waals surface area contributed by atoms with E-state index >= 15 is 0 Å². The third-order valence-corrected chi connectivity index (χ3v) is 4.44. The molecular formula is C18H31NO. The number of nitrogens with zero attached hydrogens (tertiary/aromatic N) is 1. The second-order valence-corrected chi connectivity index (χ2v) is 6.96. The molecule has 0 heterocycles. The largest absolute Gasteiger partial charge is 0.336 e. The van der Waals surface area contributed by atoms with Gasteiger partial charge in [-0.3, -0.25) is 4.79 Å². The Hall–Kier alpha value is -1.05. The Balaban J connectivity index is 2.52. The summed E-state index contributed by atoms with van der Waals surface area (Å²) in [5.74, 6) is 0.825. The molecule has 0 spiro atoms. The van der Waals surface area contributed by atoms with Crippen molar-refractivity contribution >= 4 is 5.91 Å². The van der Waals surface area contributed by atoms with Crippen molar-refractivity contribution in [3.8, 4) is 0 Å². The third-order valence-electron chi connectivity index (χ3n) is 4.44. The predicted molar refractivity (Wildman–Crippen MR) is 86.5 cm³/mol. The summed E-state index contributed by atoms with van der Waals surface area (Å²) in [6.07, 6.45) is 9.51. The molecule has 0 N–H and O–H groups in total. The molecule has 1 amide bonds. The Bertz CT molecular complexity index is 390. The van der Waals surface area contributed by atoms with Crippen molar-refractivity contribution in [3.63, 3.8) is 0 Å². The molecule has 0 saturated heterocycles. The van der Waals surface area contributed by atoms with Crippen molar-refractivity contribution in [1.29, 1.82) is 0 Å². The maximum Gasteiger partial charge on any atom is 0.246 e. The third kappa shape index (κ3) is 4.81. The fraction of sp³-hybridized carbons (Fsp3) is 0.722. The van der Waals surface area contributed by atoms with Crippen LogP contribution in [0.1, 0.15) is 60.8 Å². The van der Waals surface area contributed by atoms with Crippen molar-refractivity contribution in [2.45, 2.75) is 66.8 Å². The van der Waals surface area contributed by atoms with E-state index in [0.717, 1.165) is 6.54 Å². The van der Waals surface area contributed by atoms with Gasteiger partial charge in [0.15, 0.2) is 0 Å². The molecule has 0 bridgehead atoms. The molecule has 2 heteroatoms. The maximum atomic E-state index is 12.1. The number of carbonyl (C=O) groups is 1. The Kier molecular flexibility index (Phi) is 6.04. The number of hydrogen-bond acceptors (Lipinski definition) is 1. The van der Waals surface area contributed by atoms with Gasteiger partial charge in [0.2, 0.25) is 5.91 Å². The highest BCUT2D eigenvalue weighted by molar-refractivity contribution is 5.87. The van der Waals surface area contributed by atoms with Crippen LogP contribution in [0, 0.1) is 11.3 Å². The van der Waals surface area contributed by atoms with Crippen molar-refractivity contribution in [1.82, 2.24) is 4.90 Å². The molecular weight excluding hydrogens is 246 g/mol. The lowest BCUT2D eigenvalue weighted by Gasteiger charge is -2.26. The minimum atomic E-state index is 0.154. The molecule has 1 fully saturated rings.